The first kappa shape index (κ1) is 12.8. The lowest BCUT2D eigenvalue weighted by Gasteiger charge is -2.13. The van der Waals surface area contributed by atoms with Gasteiger partial charge in [0.1, 0.15) is 0 Å². The molecule has 4 nitrogen and oxygen atoms in total. The van der Waals surface area contributed by atoms with E-state index in [4.69, 9.17) is 4.52 Å². The maximum atomic E-state index is 5.27. The molecule has 96 valence electrons. The van der Waals surface area contributed by atoms with Crippen LogP contribution < -0.4 is 5.32 Å². The summed E-state index contributed by atoms with van der Waals surface area (Å²) in [6.45, 7) is 2.11. The van der Waals surface area contributed by atoms with Crippen LogP contribution in [0.1, 0.15) is 36.7 Å². The highest BCUT2D eigenvalue weighted by atomic mass is 16.5. The Labute approximate surface area is 107 Å². The normalized spacial score (nSPS) is 12.6. The fourth-order valence-electron chi connectivity index (χ4n) is 1.94. The topological polar surface area (TPSA) is 51.0 Å². The van der Waals surface area contributed by atoms with Gasteiger partial charge in [0.25, 0.3) is 0 Å². The Morgan fingerprint density at radius 1 is 1.28 bits per heavy atom. The molecule has 0 spiro atoms. The van der Waals surface area contributed by atoms with Gasteiger partial charge in [0.05, 0.1) is 0 Å². The fraction of sp³-hybridized carbons (Fsp3) is 0.429. The molecule has 1 aromatic carbocycles. The van der Waals surface area contributed by atoms with Gasteiger partial charge < -0.3 is 9.84 Å². The molecule has 1 aromatic heterocycles. The predicted octanol–water partition coefficient (Wildman–Crippen LogP) is 2.53. The minimum Gasteiger partial charge on any atom is -0.339 e. The summed E-state index contributed by atoms with van der Waals surface area (Å²) in [6.07, 6.45) is 2.63. The summed E-state index contributed by atoms with van der Waals surface area (Å²) >= 11 is 0. The molecule has 0 bridgehead atoms. The van der Waals surface area contributed by atoms with Gasteiger partial charge in [0.15, 0.2) is 5.82 Å². The van der Waals surface area contributed by atoms with Crippen LogP contribution in [0.2, 0.25) is 0 Å². The van der Waals surface area contributed by atoms with Crippen molar-refractivity contribution in [2.45, 2.75) is 32.2 Å². The fourth-order valence-corrected chi connectivity index (χ4v) is 1.94. The molecule has 2 aromatic rings. The molecule has 18 heavy (non-hydrogen) atoms. The van der Waals surface area contributed by atoms with E-state index in [0.29, 0.717) is 5.89 Å². The number of benzene rings is 1. The van der Waals surface area contributed by atoms with Crippen molar-refractivity contribution in [3.63, 3.8) is 0 Å². The Kier molecular flexibility index (Phi) is 4.47. The lowest BCUT2D eigenvalue weighted by molar-refractivity contribution is 0.358. The molecule has 4 heteroatoms. The summed E-state index contributed by atoms with van der Waals surface area (Å²) in [5.74, 6) is 1.50. The van der Waals surface area contributed by atoms with Crippen LogP contribution in [0.15, 0.2) is 34.9 Å². The SMILES string of the molecule is CCCc1noc(CC(NC)c2ccccc2)n1. The van der Waals surface area contributed by atoms with Crippen LogP contribution in [-0.4, -0.2) is 17.2 Å². The lowest BCUT2D eigenvalue weighted by Crippen LogP contribution is -2.18. The Bertz CT molecular complexity index is 467. The second-order valence-electron chi connectivity index (χ2n) is 4.31. The van der Waals surface area contributed by atoms with E-state index in [1.807, 2.05) is 25.2 Å². The van der Waals surface area contributed by atoms with Gasteiger partial charge in [-0.1, -0.05) is 42.4 Å². The van der Waals surface area contributed by atoms with Gasteiger partial charge in [-0.25, -0.2) is 0 Å². The highest BCUT2D eigenvalue weighted by Crippen LogP contribution is 2.17. The molecule has 0 aliphatic carbocycles. The molecule has 0 saturated heterocycles. The molecule has 1 heterocycles. The van der Waals surface area contributed by atoms with Crippen molar-refractivity contribution in [1.82, 2.24) is 15.5 Å². The molecule has 0 aliphatic heterocycles. The minimum absolute atomic E-state index is 0.209. The van der Waals surface area contributed by atoms with Gasteiger partial charge in [-0.2, -0.15) is 4.98 Å². The Morgan fingerprint density at radius 3 is 2.72 bits per heavy atom. The van der Waals surface area contributed by atoms with Crippen molar-refractivity contribution >= 4 is 0 Å². The summed E-state index contributed by atoms with van der Waals surface area (Å²) < 4.78 is 5.27. The van der Waals surface area contributed by atoms with E-state index in [-0.39, 0.29) is 6.04 Å². The monoisotopic (exact) mass is 245 g/mol. The molecular formula is C14H19N3O. The Hall–Kier alpha value is -1.68. The summed E-state index contributed by atoms with van der Waals surface area (Å²) in [4.78, 5) is 4.40. The smallest absolute Gasteiger partial charge is 0.228 e. The number of hydrogen-bond donors (Lipinski definition) is 1. The lowest BCUT2D eigenvalue weighted by atomic mass is 10.0. The van der Waals surface area contributed by atoms with Crippen molar-refractivity contribution in [3.8, 4) is 0 Å². The van der Waals surface area contributed by atoms with Gasteiger partial charge in [-0.3, -0.25) is 0 Å². The molecule has 2 rings (SSSR count). The standard InChI is InChI=1S/C14H19N3O/c1-3-7-13-16-14(18-17-13)10-12(15-2)11-8-5-4-6-9-11/h4-6,8-9,12,15H,3,7,10H2,1-2H3. The summed E-state index contributed by atoms with van der Waals surface area (Å²) in [7, 11) is 1.95. The molecule has 1 atom stereocenters. The first-order chi connectivity index (χ1) is 8.83. The van der Waals surface area contributed by atoms with E-state index >= 15 is 0 Å². The highest BCUT2D eigenvalue weighted by Gasteiger charge is 2.14. The van der Waals surface area contributed by atoms with Crippen molar-refractivity contribution in [2.24, 2.45) is 0 Å². The molecule has 0 aliphatic rings. The first-order valence-electron chi connectivity index (χ1n) is 6.37. The van der Waals surface area contributed by atoms with Crippen LogP contribution in [0.25, 0.3) is 0 Å². The van der Waals surface area contributed by atoms with E-state index in [1.54, 1.807) is 0 Å². The van der Waals surface area contributed by atoms with Crippen molar-refractivity contribution in [1.29, 1.82) is 0 Å². The zero-order valence-electron chi connectivity index (χ0n) is 10.9. The second-order valence-corrected chi connectivity index (χ2v) is 4.31. The van der Waals surface area contributed by atoms with Gasteiger partial charge in [0, 0.05) is 18.9 Å². The Morgan fingerprint density at radius 2 is 2.06 bits per heavy atom. The van der Waals surface area contributed by atoms with Gasteiger partial charge in [-0.05, 0) is 19.0 Å². The largest absolute Gasteiger partial charge is 0.339 e. The molecule has 1 N–H and O–H groups in total. The quantitative estimate of drug-likeness (QED) is 0.849. The molecular weight excluding hydrogens is 226 g/mol. The van der Waals surface area contributed by atoms with Crippen LogP contribution in [0.5, 0.6) is 0 Å². The maximum absolute atomic E-state index is 5.27. The Balaban J connectivity index is 2.06. The maximum Gasteiger partial charge on any atom is 0.228 e. The number of aromatic nitrogens is 2. The molecule has 0 saturated carbocycles. The summed E-state index contributed by atoms with van der Waals surface area (Å²) in [5, 5.41) is 7.25. The average Bonchev–Trinajstić information content (AvgIpc) is 2.85. The van der Waals surface area contributed by atoms with Gasteiger partial charge in [-0.15, -0.1) is 0 Å². The van der Waals surface area contributed by atoms with Crippen molar-refractivity contribution < 1.29 is 4.52 Å². The van der Waals surface area contributed by atoms with Crippen LogP contribution in [0.3, 0.4) is 0 Å². The minimum atomic E-state index is 0.209. The molecule has 0 amide bonds. The number of likely N-dealkylation sites (N-methyl/N-ethyl adjacent to an activating group) is 1. The number of hydrogen-bond acceptors (Lipinski definition) is 4. The third-order valence-corrected chi connectivity index (χ3v) is 2.91. The van der Waals surface area contributed by atoms with E-state index in [0.717, 1.165) is 25.1 Å². The number of nitrogens with zero attached hydrogens (tertiary/aromatic N) is 2. The van der Waals surface area contributed by atoms with Crippen LogP contribution in [0.4, 0.5) is 0 Å². The van der Waals surface area contributed by atoms with Gasteiger partial charge in [0.2, 0.25) is 5.89 Å². The first-order valence-corrected chi connectivity index (χ1v) is 6.37. The number of aryl methyl sites for hydroxylation is 1. The van der Waals surface area contributed by atoms with Crippen molar-refractivity contribution in [3.05, 3.63) is 47.6 Å². The number of rotatable bonds is 6. The van der Waals surface area contributed by atoms with E-state index in [2.05, 4.69) is 34.5 Å². The predicted molar refractivity (Wildman–Crippen MR) is 70.2 cm³/mol. The van der Waals surface area contributed by atoms with E-state index in [1.165, 1.54) is 5.56 Å². The highest BCUT2D eigenvalue weighted by molar-refractivity contribution is 5.19. The second kappa shape index (κ2) is 6.31. The molecule has 0 fully saturated rings. The zero-order valence-corrected chi connectivity index (χ0v) is 10.9. The summed E-state index contributed by atoms with van der Waals surface area (Å²) in [5.41, 5.74) is 1.23. The zero-order chi connectivity index (χ0) is 12.8. The van der Waals surface area contributed by atoms with Crippen LogP contribution >= 0.6 is 0 Å². The third-order valence-electron chi connectivity index (χ3n) is 2.91. The van der Waals surface area contributed by atoms with E-state index in [9.17, 15) is 0 Å². The third kappa shape index (κ3) is 3.17. The van der Waals surface area contributed by atoms with Gasteiger partial charge >= 0.3 is 0 Å². The van der Waals surface area contributed by atoms with Crippen LogP contribution in [-0.2, 0) is 12.8 Å². The average molecular weight is 245 g/mol. The molecule has 1 unspecified atom stereocenters. The summed E-state index contributed by atoms with van der Waals surface area (Å²) in [6, 6.07) is 10.5. The van der Waals surface area contributed by atoms with Crippen LogP contribution in [0, 0.1) is 0 Å². The van der Waals surface area contributed by atoms with E-state index < -0.39 is 0 Å². The number of nitrogens with one attached hydrogen (secondary N) is 1. The van der Waals surface area contributed by atoms with Crippen molar-refractivity contribution in [2.75, 3.05) is 7.05 Å². The molecule has 0 radical (unpaired) electrons.